The Bertz CT molecular complexity index is 1450. The minimum absolute atomic E-state index is 0.118. The smallest absolute Gasteiger partial charge is 0.262 e. The molecule has 0 spiro atoms. The molecule has 4 aromatic rings. The summed E-state index contributed by atoms with van der Waals surface area (Å²) in [7, 11) is -3.76. The molecule has 1 aromatic heterocycles. The quantitative estimate of drug-likeness (QED) is 0.385. The first-order valence-corrected chi connectivity index (χ1v) is 12.4. The molecule has 170 valence electrons. The highest BCUT2D eigenvalue weighted by molar-refractivity contribution is 7.92. The van der Waals surface area contributed by atoms with Crippen LogP contribution in [0.4, 0.5) is 11.4 Å². The van der Waals surface area contributed by atoms with E-state index in [4.69, 9.17) is 4.74 Å². The Morgan fingerprint density at radius 1 is 0.939 bits per heavy atom. The van der Waals surface area contributed by atoms with E-state index in [1.165, 1.54) is 23.7 Å². The molecule has 0 unspecified atom stereocenters. The summed E-state index contributed by atoms with van der Waals surface area (Å²) in [6.07, 6.45) is 1.75. The van der Waals surface area contributed by atoms with Crippen molar-refractivity contribution < 1.29 is 17.9 Å². The lowest BCUT2D eigenvalue weighted by Crippen LogP contribution is -2.20. The number of carbonyl (C=O) groups excluding carboxylic acids is 1. The lowest BCUT2D eigenvalue weighted by atomic mass is 10.1. The fourth-order valence-corrected chi connectivity index (χ4v) is 5.02. The number of amides is 1. The van der Waals surface area contributed by atoms with Crippen LogP contribution in [-0.2, 0) is 14.8 Å². The molecule has 0 fully saturated rings. The topological polar surface area (TPSA) is 97.4 Å². The highest BCUT2D eigenvalue weighted by Gasteiger charge is 2.16. The molecule has 4 rings (SSSR count). The molecule has 9 heteroatoms. The number of nitrogens with zero attached hydrogens (tertiary/aromatic N) is 1. The molecule has 2 N–H and O–H groups in total. The summed E-state index contributed by atoms with van der Waals surface area (Å²) in [4.78, 5) is 12.4. The Hall–Kier alpha value is -3.43. The van der Waals surface area contributed by atoms with Crippen molar-refractivity contribution in [2.75, 3.05) is 16.6 Å². The monoisotopic (exact) mass is 481 g/mol. The summed E-state index contributed by atoms with van der Waals surface area (Å²) >= 11 is 1.39. The number of anilines is 2. The van der Waals surface area contributed by atoms with Crippen LogP contribution in [0.5, 0.6) is 5.75 Å². The number of hydrogen-bond donors (Lipinski definition) is 2. The summed E-state index contributed by atoms with van der Waals surface area (Å²) in [5.74, 6) is 0.123. The van der Waals surface area contributed by atoms with Crippen LogP contribution in [-0.4, -0.2) is 25.3 Å². The Morgan fingerprint density at radius 2 is 1.73 bits per heavy atom. The van der Waals surface area contributed by atoms with Crippen molar-refractivity contribution in [2.45, 2.75) is 25.7 Å². The van der Waals surface area contributed by atoms with Crippen molar-refractivity contribution in [2.24, 2.45) is 0 Å². The molecule has 33 heavy (non-hydrogen) atoms. The highest BCUT2D eigenvalue weighted by Crippen LogP contribution is 2.25. The Morgan fingerprint density at radius 3 is 2.48 bits per heavy atom. The molecule has 0 bridgehead atoms. The van der Waals surface area contributed by atoms with E-state index in [-0.39, 0.29) is 17.4 Å². The summed E-state index contributed by atoms with van der Waals surface area (Å²) in [6, 6.07) is 15.5. The van der Waals surface area contributed by atoms with Crippen molar-refractivity contribution in [1.29, 1.82) is 0 Å². The van der Waals surface area contributed by atoms with Gasteiger partial charge in [0.05, 0.1) is 9.60 Å². The van der Waals surface area contributed by atoms with E-state index in [0.717, 1.165) is 21.2 Å². The van der Waals surface area contributed by atoms with Crippen LogP contribution >= 0.6 is 11.5 Å². The van der Waals surface area contributed by atoms with Gasteiger partial charge in [-0.1, -0.05) is 6.07 Å². The Labute approximate surface area is 196 Å². The van der Waals surface area contributed by atoms with Crippen LogP contribution in [0.25, 0.3) is 10.1 Å². The number of fused-ring (bicyclic) bond motifs is 1. The average Bonchev–Trinajstić information content (AvgIpc) is 3.23. The second kappa shape index (κ2) is 9.21. The number of rotatable bonds is 7. The van der Waals surface area contributed by atoms with Gasteiger partial charge in [0.2, 0.25) is 0 Å². The normalized spacial score (nSPS) is 11.4. The van der Waals surface area contributed by atoms with Gasteiger partial charge < -0.3 is 10.1 Å². The third-order valence-electron chi connectivity index (χ3n) is 5.21. The van der Waals surface area contributed by atoms with Gasteiger partial charge in [-0.15, -0.1) is 0 Å². The molecule has 3 aromatic carbocycles. The average molecular weight is 482 g/mol. The molecular weight excluding hydrogens is 458 g/mol. The van der Waals surface area contributed by atoms with Gasteiger partial charge in [0.25, 0.3) is 15.9 Å². The second-order valence-electron chi connectivity index (χ2n) is 7.75. The first-order valence-electron chi connectivity index (χ1n) is 10.2. The maximum Gasteiger partial charge on any atom is 0.262 e. The third kappa shape index (κ3) is 5.32. The standard InChI is InChI=1S/C24H23N3O4S2/c1-15-4-5-20(10-16(15)2)27-33(29,30)21-7-8-22(17(3)11-21)31-14-24(28)26-19-6-9-23-18(12-19)13-25-32-23/h4-13,27H,14H2,1-3H3,(H,26,28). The molecule has 0 aliphatic carbocycles. The summed E-state index contributed by atoms with van der Waals surface area (Å²) in [6.45, 7) is 5.43. The Kier molecular flexibility index (Phi) is 6.35. The van der Waals surface area contributed by atoms with E-state index >= 15 is 0 Å². The maximum absolute atomic E-state index is 12.8. The van der Waals surface area contributed by atoms with E-state index in [1.807, 2.05) is 38.1 Å². The van der Waals surface area contributed by atoms with Crippen molar-refractivity contribution in [3.63, 3.8) is 0 Å². The summed E-state index contributed by atoms with van der Waals surface area (Å²) in [5.41, 5.74) is 3.86. The molecule has 0 saturated heterocycles. The number of aryl methyl sites for hydroxylation is 3. The molecule has 7 nitrogen and oxygen atoms in total. The molecular formula is C24H23N3O4S2. The number of hydrogen-bond acceptors (Lipinski definition) is 6. The van der Waals surface area contributed by atoms with Gasteiger partial charge in [-0.25, -0.2) is 8.42 Å². The number of aromatic nitrogens is 1. The summed E-state index contributed by atoms with van der Waals surface area (Å²) < 4.78 is 39.0. The second-order valence-corrected chi connectivity index (χ2v) is 10.3. The highest BCUT2D eigenvalue weighted by atomic mass is 32.2. The van der Waals surface area contributed by atoms with Crippen LogP contribution in [0, 0.1) is 20.8 Å². The van der Waals surface area contributed by atoms with Gasteiger partial charge in [0.1, 0.15) is 5.75 Å². The fourth-order valence-electron chi connectivity index (χ4n) is 3.26. The van der Waals surface area contributed by atoms with Crippen LogP contribution in [0.2, 0.25) is 0 Å². The molecule has 0 aliphatic heterocycles. The predicted octanol–water partition coefficient (Wildman–Crippen LogP) is 5.04. The third-order valence-corrected chi connectivity index (χ3v) is 7.37. The lowest BCUT2D eigenvalue weighted by Gasteiger charge is -2.13. The van der Waals surface area contributed by atoms with Gasteiger partial charge in [-0.05, 0) is 97.5 Å². The molecule has 0 atom stereocenters. The number of ether oxygens (including phenoxy) is 1. The van der Waals surface area contributed by atoms with Gasteiger partial charge >= 0.3 is 0 Å². The van der Waals surface area contributed by atoms with Gasteiger partial charge in [-0.3, -0.25) is 9.52 Å². The van der Waals surface area contributed by atoms with Crippen molar-refractivity contribution in [3.05, 3.63) is 77.5 Å². The van der Waals surface area contributed by atoms with Gasteiger partial charge in [0, 0.05) is 23.0 Å². The molecule has 0 radical (unpaired) electrons. The largest absolute Gasteiger partial charge is 0.483 e. The number of sulfonamides is 1. The van der Waals surface area contributed by atoms with Crippen LogP contribution in [0.15, 0.2) is 65.7 Å². The van der Waals surface area contributed by atoms with Crippen molar-refractivity contribution >= 4 is 48.9 Å². The van der Waals surface area contributed by atoms with E-state index in [9.17, 15) is 13.2 Å². The lowest BCUT2D eigenvalue weighted by molar-refractivity contribution is -0.118. The first kappa shape index (κ1) is 22.8. The van der Waals surface area contributed by atoms with E-state index in [0.29, 0.717) is 22.7 Å². The van der Waals surface area contributed by atoms with Gasteiger partial charge in [0.15, 0.2) is 6.61 Å². The van der Waals surface area contributed by atoms with E-state index in [1.54, 1.807) is 31.3 Å². The number of nitrogens with one attached hydrogen (secondary N) is 2. The Balaban J connectivity index is 1.40. The zero-order chi connectivity index (χ0) is 23.6. The van der Waals surface area contributed by atoms with Crippen LogP contribution < -0.4 is 14.8 Å². The molecule has 1 heterocycles. The minimum Gasteiger partial charge on any atom is -0.483 e. The fraction of sp³-hybridized carbons (Fsp3) is 0.167. The zero-order valence-corrected chi connectivity index (χ0v) is 20.0. The van der Waals surface area contributed by atoms with Crippen LogP contribution in [0.3, 0.4) is 0 Å². The molecule has 1 amide bonds. The number of carbonyl (C=O) groups is 1. The maximum atomic E-state index is 12.8. The SMILES string of the molecule is Cc1ccc(NS(=O)(=O)c2ccc(OCC(=O)Nc3ccc4sncc4c3)c(C)c2)cc1C. The number of benzene rings is 3. The predicted molar refractivity (Wildman–Crippen MR) is 132 cm³/mol. The minimum atomic E-state index is -3.76. The van der Waals surface area contributed by atoms with Crippen molar-refractivity contribution in [3.8, 4) is 5.75 Å². The van der Waals surface area contributed by atoms with E-state index < -0.39 is 10.0 Å². The molecule has 0 saturated carbocycles. The van der Waals surface area contributed by atoms with Gasteiger partial charge in [-0.2, -0.15) is 4.37 Å². The van der Waals surface area contributed by atoms with Crippen molar-refractivity contribution in [1.82, 2.24) is 4.37 Å². The first-order chi connectivity index (χ1) is 15.7. The molecule has 0 aliphatic rings. The summed E-state index contributed by atoms with van der Waals surface area (Å²) in [5, 5.41) is 3.75. The zero-order valence-electron chi connectivity index (χ0n) is 18.4. The van der Waals surface area contributed by atoms with E-state index in [2.05, 4.69) is 14.4 Å². The van der Waals surface area contributed by atoms with Crippen LogP contribution in [0.1, 0.15) is 16.7 Å².